The fourth-order valence-electron chi connectivity index (χ4n) is 0.882. The standard InChI is InChI=1S/C6H5N3O2/c1-3-8-5(10)4-2-7-11-6(4)9-3/h2H,1H3,(H,8,9,10). The molecule has 0 aromatic carbocycles. The van der Waals surface area contributed by atoms with Gasteiger partial charge in [0.2, 0.25) is 0 Å². The Bertz CT molecular complexity index is 442. The number of fused-ring (bicyclic) bond motifs is 1. The van der Waals surface area contributed by atoms with Gasteiger partial charge in [-0.3, -0.25) is 4.79 Å². The number of aromatic nitrogens is 3. The van der Waals surface area contributed by atoms with Crippen LogP contribution in [0.2, 0.25) is 0 Å². The zero-order valence-electron chi connectivity index (χ0n) is 5.79. The van der Waals surface area contributed by atoms with E-state index in [9.17, 15) is 4.79 Å². The van der Waals surface area contributed by atoms with Crippen LogP contribution < -0.4 is 5.56 Å². The Morgan fingerprint density at radius 2 is 2.45 bits per heavy atom. The van der Waals surface area contributed by atoms with E-state index >= 15 is 0 Å². The van der Waals surface area contributed by atoms with Crippen LogP contribution in [0, 0.1) is 6.92 Å². The van der Waals surface area contributed by atoms with Crippen molar-refractivity contribution in [1.29, 1.82) is 0 Å². The first-order valence-corrected chi connectivity index (χ1v) is 3.08. The van der Waals surface area contributed by atoms with Crippen LogP contribution in [0.3, 0.4) is 0 Å². The molecule has 11 heavy (non-hydrogen) atoms. The molecule has 0 saturated carbocycles. The number of hydrogen-bond donors (Lipinski definition) is 1. The van der Waals surface area contributed by atoms with Gasteiger partial charge in [-0.15, -0.1) is 0 Å². The summed E-state index contributed by atoms with van der Waals surface area (Å²) in [6.45, 7) is 1.68. The first-order valence-electron chi connectivity index (χ1n) is 3.08. The fraction of sp³-hybridized carbons (Fsp3) is 0.167. The minimum atomic E-state index is -0.214. The van der Waals surface area contributed by atoms with Crippen LogP contribution in [0.15, 0.2) is 15.5 Å². The van der Waals surface area contributed by atoms with Crippen molar-refractivity contribution in [2.45, 2.75) is 6.92 Å². The molecule has 2 heterocycles. The zero-order chi connectivity index (χ0) is 7.84. The second-order valence-corrected chi connectivity index (χ2v) is 2.20. The Hall–Kier alpha value is -1.65. The second kappa shape index (κ2) is 1.91. The lowest BCUT2D eigenvalue weighted by atomic mass is 10.4. The van der Waals surface area contributed by atoms with Crippen molar-refractivity contribution in [1.82, 2.24) is 15.1 Å². The minimum absolute atomic E-state index is 0.214. The number of aromatic amines is 1. The van der Waals surface area contributed by atoms with Crippen LogP contribution in [-0.2, 0) is 0 Å². The predicted molar refractivity (Wildman–Crippen MR) is 37.2 cm³/mol. The molecule has 0 unspecified atom stereocenters. The van der Waals surface area contributed by atoms with Crippen LogP contribution in [0.25, 0.3) is 11.1 Å². The number of nitrogens with zero attached hydrogens (tertiary/aromatic N) is 2. The summed E-state index contributed by atoms with van der Waals surface area (Å²) >= 11 is 0. The number of rotatable bonds is 0. The Kier molecular flexibility index (Phi) is 1.06. The maximum absolute atomic E-state index is 11.1. The van der Waals surface area contributed by atoms with Gasteiger partial charge in [-0.25, -0.2) is 0 Å². The lowest BCUT2D eigenvalue weighted by Gasteiger charge is -1.87. The van der Waals surface area contributed by atoms with E-state index in [-0.39, 0.29) is 11.3 Å². The molecule has 2 aromatic heterocycles. The van der Waals surface area contributed by atoms with E-state index in [1.807, 2.05) is 0 Å². The van der Waals surface area contributed by atoms with E-state index < -0.39 is 0 Å². The van der Waals surface area contributed by atoms with Crippen molar-refractivity contribution in [2.24, 2.45) is 0 Å². The largest absolute Gasteiger partial charge is 0.336 e. The molecule has 0 radical (unpaired) electrons. The normalized spacial score (nSPS) is 10.6. The highest BCUT2D eigenvalue weighted by Crippen LogP contribution is 2.02. The van der Waals surface area contributed by atoms with Crippen LogP contribution in [-0.4, -0.2) is 15.1 Å². The van der Waals surface area contributed by atoms with E-state index in [2.05, 4.69) is 15.1 Å². The average Bonchev–Trinajstić information content (AvgIpc) is 2.34. The van der Waals surface area contributed by atoms with E-state index in [1.165, 1.54) is 6.20 Å². The van der Waals surface area contributed by atoms with Crippen LogP contribution >= 0.6 is 0 Å². The van der Waals surface area contributed by atoms with Gasteiger partial charge in [-0.05, 0) is 6.92 Å². The van der Waals surface area contributed by atoms with Gasteiger partial charge < -0.3 is 9.51 Å². The highest BCUT2D eigenvalue weighted by molar-refractivity contribution is 5.69. The van der Waals surface area contributed by atoms with Gasteiger partial charge in [-0.1, -0.05) is 5.16 Å². The molecule has 0 atom stereocenters. The molecule has 0 aliphatic carbocycles. The molecule has 0 bridgehead atoms. The molecule has 0 aliphatic rings. The number of aryl methyl sites for hydroxylation is 1. The lowest BCUT2D eigenvalue weighted by Crippen LogP contribution is -2.07. The molecule has 0 aliphatic heterocycles. The van der Waals surface area contributed by atoms with Gasteiger partial charge >= 0.3 is 0 Å². The van der Waals surface area contributed by atoms with E-state index in [0.29, 0.717) is 11.2 Å². The van der Waals surface area contributed by atoms with E-state index in [1.54, 1.807) is 6.92 Å². The predicted octanol–water partition coefficient (Wildman–Crippen LogP) is 0.220. The van der Waals surface area contributed by atoms with Gasteiger partial charge in [-0.2, -0.15) is 4.98 Å². The first-order chi connectivity index (χ1) is 5.27. The molecule has 5 heteroatoms. The maximum atomic E-state index is 11.1. The average molecular weight is 151 g/mol. The summed E-state index contributed by atoms with van der Waals surface area (Å²) in [6, 6.07) is 0. The SMILES string of the molecule is Cc1nc2oncc2c(=O)[nH]1. The lowest BCUT2D eigenvalue weighted by molar-refractivity contribution is 0.447. The summed E-state index contributed by atoms with van der Waals surface area (Å²) in [6.07, 6.45) is 1.35. The molecule has 2 rings (SSSR count). The van der Waals surface area contributed by atoms with Gasteiger partial charge in [0.1, 0.15) is 11.2 Å². The van der Waals surface area contributed by atoms with Crippen molar-refractivity contribution >= 4 is 11.1 Å². The third-order valence-electron chi connectivity index (χ3n) is 1.36. The molecule has 0 saturated heterocycles. The minimum Gasteiger partial charge on any atom is -0.336 e. The fourth-order valence-corrected chi connectivity index (χ4v) is 0.882. The molecular weight excluding hydrogens is 146 g/mol. The highest BCUT2D eigenvalue weighted by Gasteiger charge is 2.03. The van der Waals surface area contributed by atoms with Crippen molar-refractivity contribution in [3.05, 3.63) is 22.4 Å². The van der Waals surface area contributed by atoms with Crippen molar-refractivity contribution in [3.63, 3.8) is 0 Å². The highest BCUT2D eigenvalue weighted by atomic mass is 16.5. The second-order valence-electron chi connectivity index (χ2n) is 2.20. The van der Waals surface area contributed by atoms with Gasteiger partial charge in [0, 0.05) is 0 Å². The maximum Gasteiger partial charge on any atom is 0.264 e. The number of H-pyrrole nitrogens is 1. The topological polar surface area (TPSA) is 71.8 Å². The third kappa shape index (κ3) is 0.813. The molecular formula is C6H5N3O2. The molecule has 2 aromatic rings. The Morgan fingerprint density at radius 3 is 3.27 bits per heavy atom. The molecule has 56 valence electrons. The third-order valence-corrected chi connectivity index (χ3v) is 1.36. The Balaban J connectivity index is 3.02. The summed E-state index contributed by atoms with van der Waals surface area (Å²) in [5, 5.41) is 3.83. The van der Waals surface area contributed by atoms with E-state index in [4.69, 9.17) is 4.52 Å². The summed E-state index contributed by atoms with van der Waals surface area (Å²) in [5.41, 5.74) is 0.0694. The summed E-state index contributed by atoms with van der Waals surface area (Å²) in [4.78, 5) is 17.5. The summed E-state index contributed by atoms with van der Waals surface area (Å²) in [5.74, 6) is 0.527. The molecule has 0 fully saturated rings. The van der Waals surface area contributed by atoms with E-state index in [0.717, 1.165) is 0 Å². The molecule has 0 spiro atoms. The molecule has 0 amide bonds. The summed E-state index contributed by atoms with van der Waals surface area (Å²) in [7, 11) is 0. The Morgan fingerprint density at radius 1 is 1.64 bits per heavy atom. The molecule has 5 nitrogen and oxygen atoms in total. The first kappa shape index (κ1) is 6.09. The van der Waals surface area contributed by atoms with Crippen molar-refractivity contribution in [3.8, 4) is 0 Å². The van der Waals surface area contributed by atoms with Gasteiger partial charge in [0.05, 0.1) is 6.20 Å². The van der Waals surface area contributed by atoms with Crippen LogP contribution in [0.5, 0.6) is 0 Å². The molecule has 1 N–H and O–H groups in total. The number of nitrogens with one attached hydrogen (secondary N) is 1. The number of hydrogen-bond acceptors (Lipinski definition) is 4. The monoisotopic (exact) mass is 151 g/mol. The van der Waals surface area contributed by atoms with Crippen molar-refractivity contribution < 1.29 is 4.52 Å². The smallest absolute Gasteiger partial charge is 0.264 e. The zero-order valence-corrected chi connectivity index (χ0v) is 5.79. The Labute approximate surface area is 61.0 Å². The quantitative estimate of drug-likeness (QED) is 0.584. The van der Waals surface area contributed by atoms with Gasteiger partial charge in [0.25, 0.3) is 11.3 Å². The van der Waals surface area contributed by atoms with Gasteiger partial charge in [0.15, 0.2) is 0 Å². The van der Waals surface area contributed by atoms with Crippen molar-refractivity contribution in [2.75, 3.05) is 0 Å². The summed E-state index contributed by atoms with van der Waals surface area (Å²) < 4.78 is 4.70. The van der Waals surface area contributed by atoms with Crippen LogP contribution in [0.1, 0.15) is 5.82 Å². The van der Waals surface area contributed by atoms with Crippen LogP contribution in [0.4, 0.5) is 0 Å².